The van der Waals surface area contributed by atoms with Crippen molar-refractivity contribution in [1.82, 2.24) is 9.78 Å². The molecule has 0 aliphatic heterocycles. The van der Waals surface area contributed by atoms with Crippen molar-refractivity contribution in [3.63, 3.8) is 0 Å². The molecular weight excluding hydrogens is 268 g/mol. The van der Waals surface area contributed by atoms with Crippen LogP contribution in [0.2, 0.25) is 5.02 Å². The van der Waals surface area contributed by atoms with E-state index >= 15 is 0 Å². The zero-order valence-corrected chi connectivity index (χ0v) is 11.4. The SMILES string of the molecule is CCn1ccc(NC(=S)Nc2ccccc2Cl)n1. The maximum absolute atomic E-state index is 6.03. The number of hydrogen-bond donors (Lipinski definition) is 2. The van der Waals surface area contributed by atoms with E-state index in [-0.39, 0.29) is 0 Å². The van der Waals surface area contributed by atoms with Crippen LogP contribution < -0.4 is 10.6 Å². The Hall–Kier alpha value is -1.59. The Kier molecular flexibility index (Phi) is 4.17. The van der Waals surface area contributed by atoms with Crippen LogP contribution in [0.15, 0.2) is 36.5 Å². The average Bonchev–Trinajstić information content (AvgIpc) is 2.80. The highest BCUT2D eigenvalue weighted by atomic mass is 35.5. The fourth-order valence-corrected chi connectivity index (χ4v) is 1.83. The molecule has 94 valence electrons. The molecule has 0 amide bonds. The molecular formula is C12H13ClN4S. The molecule has 18 heavy (non-hydrogen) atoms. The summed E-state index contributed by atoms with van der Waals surface area (Å²) in [4.78, 5) is 0. The first-order valence-corrected chi connectivity index (χ1v) is 6.33. The van der Waals surface area contributed by atoms with E-state index in [4.69, 9.17) is 23.8 Å². The largest absolute Gasteiger partial charge is 0.331 e. The summed E-state index contributed by atoms with van der Waals surface area (Å²) < 4.78 is 1.82. The Labute approximate surface area is 116 Å². The van der Waals surface area contributed by atoms with Crippen molar-refractivity contribution >= 4 is 40.4 Å². The standard InChI is InChI=1S/C12H13ClN4S/c1-2-17-8-7-11(16-17)15-12(18)14-10-6-4-3-5-9(10)13/h3-8H,2H2,1H3,(H2,14,15,16,18). The maximum atomic E-state index is 6.03. The zero-order valence-electron chi connectivity index (χ0n) is 9.85. The van der Waals surface area contributed by atoms with Gasteiger partial charge in [0.15, 0.2) is 10.9 Å². The van der Waals surface area contributed by atoms with Crippen molar-refractivity contribution in [2.24, 2.45) is 0 Å². The summed E-state index contributed by atoms with van der Waals surface area (Å²) in [5.41, 5.74) is 0.770. The van der Waals surface area contributed by atoms with Gasteiger partial charge in [0.2, 0.25) is 0 Å². The summed E-state index contributed by atoms with van der Waals surface area (Å²) in [5.74, 6) is 0.710. The van der Waals surface area contributed by atoms with E-state index in [0.29, 0.717) is 16.0 Å². The van der Waals surface area contributed by atoms with Gasteiger partial charge in [-0.1, -0.05) is 23.7 Å². The maximum Gasteiger partial charge on any atom is 0.176 e. The third kappa shape index (κ3) is 3.21. The number of nitrogens with one attached hydrogen (secondary N) is 2. The molecule has 2 N–H and O–H groups in total. The summed E-state index contributed by atoms with van der Waals surface area (Å²) in [6, 6.07) is 9.29. The second kappa shape index (κ2) is 5.84. The quantitative estimate of drug-likeness (QED) is 0.846. The van der Waals surface area contributed by atoms with E-state index in [2.05, 4.69) is 15.7 Å². The molecule has 0 aliphatic carbocycles. The number of aryl methyl sites for hydroxylation is 1. The van der Waals surface area contributed by atoms with E-state index in [1.165, 1.54) is 0 Å². The van der Waals surface area contributed by atoms with Crippen LogP contribution in [0.1, 0.15) is 6.92 Å². The molecule has 2 rings (SSSR count). The van der Waals surface area contributed by atoms with E-state index in [0.717, 1.165) is 12.2 Å². The van der Waals surface area contributed by atoms with Gasteiger partial charge >= 0.3 is 0 Å². The molecule has 0 spiro atoms. The summed E-state index contributed by atoms with van der Waals surface area (Å²) in [5, 5.41) is 11.4. The molecule has 1 heterocycles. The lowest BCUT2D eigenvalue weighted by Crippen LogP contribution is -2.19. The van der Waals surface area contributed by atoms with E-state index in [1.54, 1.807) is 6.07 Å². The van der Waals surface area contributed by atoms with Crippen LogP contribution in [-0.2, 0) is 6.54 Å². The molecule has 4 nitrogen and oxygen atoms in total. The fraction of sp³-hybridized carbons (Fsp3) is 0.167. The van der Waals surface area contributed by atoms with Crippen molar-refractivity contribution in [2.75, 3.05) is 10.6 Å². The van der Waals surface area contributed by atoms with Gasteiger partial charge in [-0.3, -0.25) is 4.68 Å². The lowest BCUT2D eigenvalue weighted by molar-refractivity contribution is 0.662. The monoisotopic (exact) mass is 280 g/mol. The summed E-state index contributed by atoms with van der Waals surface area (Å²) in [7, 11) is 0. The minimum atomic E-state index is 0.462. The Morgan fingerprint density at radius 1 is 1.33 bits per heavy atom. The Morgan fingerprint density at radius 3 is 2.78 bits per heavy atom. The number of nitrogens with zero attached hydrogens (tertiary/aromatic N) is 2. The number of para-hydroxylation sites is 1. The minimum absolute atomic E-state index is 0.462. The number of anilines is 2. The second-order valence-electron chi connectivity index (χ2n) is 3.62. The highest BCUT2D eigenvalue weighted by Crippen LogP contribution is 2.20. The van der Waals surface area contributed by atoms with Crippen molar-refractivity contribution in [1.29, 1.82) is 0 Å². The van der Waals surface area contributed by atoms with Gasteiger partial charge in [-0.2, -0.15) is 5.10 Å². The minimum Gasteiger partial charge on any atom is -0.331 e. The van der Waals surface area contributed by atoms with Crippen LogP contribution in [-0.4, -0.2) is 14.9 Å². The van der Waals surface area contributed by atoms with Crippen LogP contribution in [0.5, 0.6) is 0 Å². The average molecular weight is 281 g/mol. The van der Waals surface area contributed by atoms with Gasteiger partial charge < -0.3 is 10.6 Å². The topological polar surface area (TPSA) is 41.9 Å². The molecule has 0 aliphatic rings. The first-order chi connectivity index (χ1) is 8.69. The molecule has 2 aromatic rings. The van der Waals surface area contributed by atoms with Crippen molar-refractivity contribution in [3.05, 3.63) is 41.6 Å². The predicted octanol–water partition coefficient (Wildman–Crippen LogP) is 3.37. The number of hydrogen-bond acceptors (Lipinski definition) is 2. The highest BCUT2D eigenvalue weighted by Gasteiger charge is 2.03. The van der Waals surface area contributed by atoms with Crippen LogP contribution in [0, 0.1) is 0 Å². The summed E-state index contributed by atoms with van der Waals surface area (Å²) in [6.45, 7) is 2.85. The third-order valence-electron chi connectivity index (χ3n) is 2.33. The summed E-state index contributed by atoms with van der Waals surface area (Å²) >= 11 is 11.2. The molecule has 6 heteroatoms. The van der Waals surface area contributed by atoms with Gasteiger partial charge in [0.05, 0.1) is 10.7 Å². The van der Waals surface area contributed by atoms with Crippen molar-refractivity contribution < 1.29 is 0 Å². The van der Waals surface area contributed by atoms with Gasteiger partial charge in [0, 0.05) is 18.8 Å². The molecule has 1 aromatic heterocycles. The van der Waals surface area contributed by atoms with Crippen LogP contribution in [0.3, 0.4) is 0 Å². The summed E-state index contributed by atoms with van der Waals surface area (Å²) in [6.07, 6.45) is 1.89. The van der Waals surface area contributed by atoms with Crippen molar-refractivity contribution in [2.45, 2.75) is 13.5 Å². The zero-order chi connectivity index (χ0) is 13.0. The fourth-order valence-electron chi connectivity index (χ4n) is 1.44. The van der Waals surface area contributed by atoms with E-state index < -0.39 is 0 Å². The molecule has 0 saturated heterocycles. The Bertz CT molecular complexity index is 553. The van der Waals surface area contributed by atoms with Gasteiger partial charge in [0.25, 0.3) is 0 Å². The number of halogens is 1. The molecule has 0 fully saturated rings. The number of benzene rings is 1. The second-order valence-corrected chi connectivity index (χ2v) is 4.43. The lowest BCUT2D eigenvalue weighted by Gasteiger charge is -2.09. The van der Waals surface area contributed by atoms with Crippen LogP contribution >= 0.6 is 23.8 Å². The lowest BCUT2D eigenvalue weighted by atomic mass is 10.3. The molecule has 0 atom stereocenters. The van der Waals surface area contributed by atoms with Gasteiger partial charge in [-0.05, 0) is 31.3 Å². The van der Waals surface area contributed by atoms with Crippen LogP contribution in [0.4, 0.5) is 11.5 Å². The smallest absolute Gasteiger partial charge is 0.176 e. The molecule has 0 unspecified atom stereocenters. The number of rotatable bonds is 3. The van der Waals surface area contributed by atoms with Gasteiger partial charge in [-0.15, -0.1) is 0 Å². The Balaban J connectivity index is 1.99. The highest BCUT2D eigenvalue weighted by molar-refractivity contribution is 7.80. The molecule has 1 aromatic carbocycles. The number of aromatic nitrogens is 2. The Morgan fingerprint density at radius 2 is 2.11 bits per heavy atom. The van der Waals surface area contributed by atoms with Gasteiger partial charge in [0.1, 0.15) is 0 Å². The third-order valence-corrected chi connectivity index (χ3v) is 2.86. The van der Waals surface area contributed by atoms with Gasteiger partial charge in [-0.25, -0.2) is 0 Å². The van der Waals surface area contributed by atoms with E-state index in [1.807, 2.05) is 42.1 Å². The first-order valence-electron chi connectivity index (χ1n) is 5.55. The molecule has 0 bridgehead atoms. The van der Waals surface area contributed by atoms with Crippen molar-refractivity contribution in [3.8, 4) is 0 Å². The van der Waals surface area contributed by atoms with Crippen LogP contribution in [0.25, 0.3) is 0 Å². The first kappa shape index (κ1) is 12.9. The molecule has 0 saturated carbocycles. The normalized spacial score (nSPS) is 10.1. The molecule has 0 radical (unpaired) electrons. The predicted molar refractivity (Wildman–Crippen MR) is 79.2 cm³/mol. The number of thiocarbonyl (C=S) groups is 1. The van der Waals surface area contributed by atoms with E-state index in [9.17, 15) is 0 Å².